The fourth-order valence-corrected chi connectivity index (χ4v) is 3.01. The molecule has 1 aliphatic heterocycles. The summed E-state index contributed by atoms with van der Waals surface area (Å²) in [6.07, 6.45) is 2.01. The number of aryl methyl sites for hydroxylation is 2. The lowest BCUT2D eigenvalue weighted by Gasteiger charge is -2.19. The lowest BCUT2D eigenvalue weighted by Crippen LogP contribution is -2.19. The number of nitrogens with zero attached hydrogens (tertiary/aromatic N) is 3. The second-order valence-electron chi connectivity index (χ2n) is 5.59. The second-order valence-corrected chi connectivity index (χ2v) is 5.59. The number of benzene rings is 2. The molecule has 1 aliphatic rings. The van der Waals surface area contributed by atoms with E-state index >= 15 is 0 Å². The van der Waals surface area contributed by atoms with Crippen LogP contribution in [0.25, 0.3) is 5.69 Å². The van der Waals surface area contributed by atoms with Gasteiger partial charge in [-0.2, -0.15) is 0 Å². The first-order valence-corrected chi connectivity index (χ1v) is 7.68. The van der Waals surface area contributed by atoms with Gasteiger partial charge in [0.05, 0.1) is 12.2 Å². The van der Waals surface area contributed by atoms with Crippen LogP contribution in [0, 0.1) is 0 Å². The summed E-state index contributed by atoms with van der Waals surface area (Å²) in [6, 6.07) is 18.9. The molecular weight excluding hydrogens is 272 g/mol. The highest BCUT2D eigenvalue weighted by Gasteiger charge is 2.20. The van der Waals surface area contributed by atoms with Crippen LogP contribution in [0.2, 0.25) is 0 Å². The van der Waals surface area contributed by atoms with Crippen molar-refractivity contribution in [2.75, 3.05) is 0 Å². The first-order chi connectivity index (χ1) is 10.9. The number of para-hydroxylation sites is 1. The summed E-state index contributed by atoms with van der Waals surface area (Å²) in [5.74, 6) is 2.05. The highest BCUT2D eigenvalue weighted by molar-refractivity contribution is 5.45. The summed E-state index contributed by atoms with van der Waals surface area (Å²) in [4.78, 5) is 0. The van der Waals surface area contributed by atoms with Gasteiger partial charge >= 0.3 is 0 Å². The molecule has 110 valence electrons. The normalized spacial score (nSPS) is 12.7. The van der Waals surface area contributed by atoms with Gasteiger partial charge in [-0.1, -0.05) is 48.5 Å². The van der Waals surface area contributed by atoms with E-state index in [-0.39, 0.29) is 0 Å². The Bertz CT molecular complexity index is 777. The molecule has 1 aromatic heterocycles. The predicted octanol–water partition coefficient (Wildman–Crippen LogP) is 2.66. The largest absolute Gasteiger partial charge is 0.306 e. The molecule has 1 N–H and O–H groups in total. The summed E-state index contributed by atoms with van der Waals surface area (Å²) in [6.45, 7) is 1.56. The minimum atomic E-state index is 0.718. The standard InChI is InChI=1S/C18H18N4/c1-2-6-14(7-3-1)12-19-13-18-21-20-17-11-10-15-8-4-5-9-16(15)22(17)18/h1-9,19H,10-13H2. The van der Waals surface area contributed by atoms with Crippen LogP contribution in [0.3, 0.4) is 0 Å². The molecule has 4 heteroatoms. The van der Waals surface area contributed by atoms with E-state index in [1.54, 1.807) is 0 Å². The Kier molecular flexibility index (Phi) is 3.45. The van der Waals surface area contributed by atoms with Crippen molar-refractivity contribution in [2.24, 2.45) is 0 Å². The zero-order valence-corrected chi connectivity index (χ0v) is 12.4. The highest BCUT2D eigenvalue weighted by atomic mass is 15.3. The Morgan fingerprint density at radius 3 is 2.59 bits per heavy atom. The molecule has 2 aromatic carbocycles. The van der Waals surface area contributed by atoms with Crippen molar-refractivity contribution in [3.63, 3.8) is 0 Å². The second kappa shape index (κ2) is 5.73. The van der Waals surface area contributed by atoms with Crippen LogP contribution in [-0.2, 0) is 25.9 Å². The fraction of sp³-hybridized carbons (Fsp3) is 0.222. The van der Waals surface area contributed by atoms with Crippen molar-refractivity contribution in [1.29, 1.82) is 0 Å². The summed E-state index contributed by atoms with van der Waals surface area (Å²) in [7, 11) is 0. The molecule has 0 bridgehead atoms. The van der Waals surface area contributed by atoms with Crippen molar-refractivity contribution in [3.8, 4) is 5.69 Å². The van der Waals surface area contributed by atoms with Crippen LogP contribution in [-0.4, -0.2) is 14.8 Å². The topological polar surface area (TPSA) is 42.7 Å². The van der Waals surface area contributed by atoms with Crippen molar-refractivity contribution >= 4 is 0 Å². The van der Waals surface area contributed by atoms with E-state index in [1.807, 2.05) is 6.07 Å². The maximum Gasteiger partial charge on any atom is 0.151 e. The number of fused-ring (bicyclic) bond motifs is 3. The molecule has 0 spiro atoms. The zero-order valence-electron chi connectivity index (χ0n) is 12.4. The van der Waals surface area contributed by atoms with Gasteiger partial charge in [-0.25, -0.2) is 0 Å². The average molecular weight is 290 g/mol. The minimum absolute atomic E-state index is 0.718. The minimum Gasteiger partial charge on any atom is -0.306 e. The third kappa shape index (κ3) is 2.42. The van der Waals surface area contributed by atoms with Crippen LogP contribution in [0.1, 0.15) is 22.8 Å². The summed E-state index contributed by atoms with van der Waals surface area (Å²) >= 11 is 0. The molecule has 2 heterocycles. The highest BCUT2D eigenvalue weighted by Crippen LogP contribution is 2.24. The lowest BCUT2D eigenvalue weighted by molar-refractivity contribution is 0.643. The third-order valence-electron chi connectivity index (χ3n) is 4.10. The maximum atomic E-state index is 4.38. The predicted molar refractivity (Wildman–Crippen MR) is 85.8 cm³/mol. The Morgan fingerprint density at radius 2 is 1.68 bits per heavy atom. The summed E-state index contributed by atoms with van der Waals surface area (Å²) in [5, 5.41) is 12.2. The monoisotopic (exact) mass is 290 g/mol. The molecule has 4 nitrogen and oxygen atoms in total. The summed E-state index contributed by atoms with van der Waals surface area (Å²) < 4.78 is 2.21. The number of nitrogens with one attached hydrogen (secondary N) is 1. The van der Waals surface area contributed by atoms with Crippen LogP contribution in [0.5, 0.6) is 0 Å². The van der Waals surface area contributed by atoms with Crippen LogP contribution in [0.15, 0.2) is 54.6 Å². The van der Waals surface area contributed by atoms with Gasteiger partial charge in [0.15, 0.2) is 5.82 Å². The smallest absolute Gasteiger partial charge is 0.151 e. The van der Waals surface area contributed by atoms with Crippen LogP contribution in [0.4, 0.5) is 0 Å². The lowest BCUT2D eigenvalue weighted by atomic mass is 10.0. The van der Waals surface area contributed by atoms with Gasteiger partial charge < -0.3 is 5.32 Å². The average Bonchev–Trinajstić information content (AvgIpc) is 3.00. The molecule has 0 amide bonds. The molecule has 22 heavy (non-hydrogen) atoms. The Labute approximate surface area is 129 Å². The van der Waals surface area contributed by atoms with Crippen molar-refractivity contribution in [1.82, 2.24) is 20.1 Å². The third-order valence-corrected chi connectivity index (χ3v) is 4.10. The first kappa shape index (κ1) is 13.2. The SMILES string of the molecule is c1ccc(CNCc2nnc3n2-c2ccccc2CC3)cc1. The van der Waals surface area contributed by atoms with Crippen molar-refractivity contribution < 1.29 is 0 Å². The van der Waals surface area contributed by atoms with Crippen LogP contribution < -0.4 is 5.32 Å². The van der Waals surface area contributed by atoms with Gasteiger partial charge in [-0.3, -0.25) is 4.57 Å². The van der Waals surface area contributed by atoms with Gasteiger partial charge in [0, 0.05) is 13.0 Å². The molecule has 0 saturated heterocycles. The van der Waals surface area contributed by atoms with E-state index in [0.29, 0.717) is 0 Å². The molecule has 3 aromatic rings. The van der Waals surface area contributed by atoms with E-state index in [2.05, 4.69) is 68.6 Å². The van der Waals surface area contributed by atoms with E-state index in [0.717, 1.165) is 37.6 Å². The molecule has 0 radical (unpaired) electrons. The fourth-order valence-electron chi connectivity index (χ4n) is 3.01. The zero-order chi connectivity index (χ0) is 14.8. The molecule has 0 aliphatic carbocycles. The Morgan fingerprint density at radius 1 is 0.864 bits per heavy atom. The van der Waals surface area contributed by atoms with Crippen molar-refractivity contribution in [3.05, 3.63) is 77.4 Å². The summed E-state index contributed by atoms with van der Waals surface area (Å²) in [5.41, 5.74) is 3.88. The van der Waals surface area contributed by atoms with E-state index in [1.165, 1.54) is 16.8 Å². The van der Waals surface area contributed by atoms with E-state index in [4.69, 9.17) is 0 Å². The molecule has 0 saturated carbocycles. The molecule has 4 rings (SSSR count). The van der Waals surface area contributed by atoms with Gasteiger partial charge in [0.2, 0.25) is 0 Å². The molecular formula is C18H18N4. The quantitative estimate of drug-likeness (QED) is 0.803. The number of hydrogen-bond acceptors (Lipinski definition) is 3. The molecule has 0 atom stereocenters. The van der Waals surface area contributed by atoms with Crippen LogP contribution >= 0.6 is 0 Å². The number of rotatable bonds is 4. The number of aromatic nitrogens is 3. The number of hydrogen-bond donors (Lipinski definition) is 1. The van der Waals surface area contributed by atoms with Gasteiger partial charge in [0.1, 0.15) is 5.82 Å². The molecule has 0 unspecified atom stereocenters. The van der Waals surface area contributed by atoms with Gasteiger partial charge in [-0.15, -0.1) is 10.2 Å². The molecule has 0 fully saturated rings. The maximum absolute atomic E-state index is 4.38. The Hall–Kier alpha value is -2.46. The van der Waals surface area contributed by atoms with Gasteiger partial charge in [0.25, 0.3) is 0 Å². The Balaban J connectivity index is 1.54. The first-order valence-electron chi connectivity index (χ1n) is 7.68. The van der Waals surface area contributed by atoms with E-state index < -0.39 is 0 Å². The van der Waals surface area contributed by atoms with E-state index in [9.17, 15) is 0 Å². The van der Waals surface area contributed by atoms with Crippen molar-refractivity contribution in [2.45, 2.75) is 25.9 Å². The van der Waals surface area contributed by atoms with Gasteiger partial charge in [-0.05, 0) is 23.6 Å².